The Kier molecular flexibility index (Phi) is 3.34. The van der Waals surface area contributed by atoms with Gasteiger partial charge in [-0.15, -0.1) is 0 Å². The van der Waals surface area contributed by atoms with Crippen LogP contribution in [0.1, 0.15) is 19.8 Å². The van der Waals surface area contributed by atoms with Crippen LogP contribution in [0.4, 0.5) is 10.5 Å². The van der Waals surface area contributed by atoms with Gasteiger partial charge in [0.05, 0.1) is 0 Å². The van der Waals surface area contributed by atoms with Crippen molar-refractivity contribution in [3.05, 3.63) is 29.3 Å². The molecule has 0 aliphatic carbocycles. The van der Waals surface area contributed by atoms with Crippen molar-refractivity contribution in [3.63, 3.8) is 0 Å². The van der Waals surface area contributed by atoms with Gasteiger partial charge < -0.3 is 5.32 Å². The fourth-order valence-corrected chi connectivity index (χ4v) is 2.08. The summed E-state index contributed by atoms with van der Waals surface area (Å²) in [6.07, 6.45) is 2.11. The number of benzene rings is 1. The molecule has 0 unspecified atom stereocenters. The van der Waals surface area contributed by atoms with Crippen molar-refractivity contribution in [1.82, 2.24) is 5.32 Å². The van der Waals surface area contributed by atoms with Gasteiger partial charge in [-0.25, -0.2) is 4.79 Å². The first-order valence-corrected chi connectivity index (χ1v) is 5.92. The summed E-state index contributed by atoms with van der Waals surface area (Å²) in [4.78, 5) is 13.5. The summed E-state index contributed by atoms with van der Waals surface area (Å²) in [6, 6.07) is 7.61. The first kappa shape index (κ1) is 11.3. The van der Waals surface area contributed by atoms with Crippen LogP contribution < -0.4 is 10.2 Å². The second-order valence-electron chi connectivity index (χ2n) is 4.02. The van der Waals surface area contributed by atoms with E-state index in [9.17, 15) is 4.79 Å². The first-order valence-electron chi connectivity index (χ1n) is 5.54. The SMILES string of the molecule is CCC[C@H]1CN(c2ccc(Cl)cc2)C(=O)N1. The summed E-state index contributed by atoms with van der Waals surface area (Å²) in [5.74, 6) is 0. The summed E-state index contributed by atoms with van der Waals surface area (Å²) < 4.78 is 0. The molecule has 1 N–H and O–H groups in total. The van der Waals surface area contributed by atoms with Crippen molar-refractivity contribution in [1.29, 1.82) is 0 Å². The normalized spacial score (nSPS) is 20.0. The highest BCUT2D eigenvalue weighted by Crippen LogP contribution is 2.21. The minimum atomic E-state index is -0.0132. The van der Waals surface area contributed by atoms with Crippen molar-refractivity contribution in [2.75, 3.05) is 11.4 Å². The maximum absolute atomic E-state index is 11.7. The Morgan fingerprint density at radius 3 is 2.75 bits per heavy atom. The molecule has 0 saturated carbocycles. The lowest BCUT2D eigenvalue weighted by atomic mass is 10.2. The van der Waals surface area contributed by atoms with Crippen LogP contribution in [0.2, 0.25) is 5.02 Å². The fraction of sp³-hybridized carbons (Fsp3) is 0.417. The number of urea groups is 1. The van der Waals surface area contributed by atoms with E-state index in [0.717, 1.165) is 25.1 Å². The van der Waals surface area contributed by atoms with Crippen LogP contribution in [-0.4, -0.2) is 18.6 Å². The summed E-state index contributed by atoms with van der Waals surface area (Å²) in [6.45, 7) is 2.87. The van der Waals surface area contributed by atoms with Gasteiger partial charge in [0.25, 0.3) is 0 Å². The number of hydrogen-bond acceptors (Lipinski definition) is 1. The third-order valence-electron chi connectivity index (χ3n) is 2.75. The largest absolute Gasteiger partial charge is 0.333 e. The van der Waals surface area contributed by atoms with Gasteiger partial charge in [-0.05, 0) is 30.7 Å². The lowest BCUT2D eigenvalue weighted by molar-refractivity contribution is 0.250. The molecule has 4 heteroatoms. The summed E-state index contributed by atoms with van der Waals surface area (Å²) >= 11 is 5.81. The molecule has 1 fully saturated rings. The van der Waals surface area contributed by atoms with Crippen LogP contribution in [0, 0.1) is 0 Å². The van der Waals surface area contributed by atoms with E-state index < -0.39 is 0 Å². The van der Waals surface area contributed by atoms with E-state index in [1.807, 2.05) is 12.1 Å². The number of halogens is 1. The van der Waals surface area contributed by atoms with Gasteiger partial charge >= 0.3 is 6.03 Å². The van der Waals surface area contributed by atoms with E-state index in [1.165, 1.54) is 0 Å². The van der Waals surface area contributed by atoms with Crippen LogP contribution >= 0.6 is 11.6 Å². The Bertz CT molecular complexity index is 377. The zero-order valence-corrected chi connectivity index (χ0v) is 10.00. The summed E-state index contributed by atoms with van der Waals surface area (Å²) in [5.41, 5.74) is 0.903. The van der Waals surface area contributed by atoms with E-state index in [2.05, 4.69) is 12.2 Å². The maximum Gasteiger partial charge on any atom is 0.322 e. The number of carbonyl (C=O) groups is 1. The average Bonchev–Trinajstić information content (AvgIpc) is 2.61. The Morgan fingerprint density at radius 2 is 2.12 bits per heavy atom. The zero-order valence-electron chi connectivity index (χ0n) is 9.24. The standard InChI is InChI=1S/C12H15ClN2O/c1-2-3-10-8-15(12(16)14-10)11-6-4-9(13)5-7-11/h4-7,10H,2-3,8H2,1H3,(H,14,16)/t10-/m0/s1. The molecule has 1 heterocycles. The van der Waals surface area contributed by atoms with Crippen LogP contribution in [0.25, 0.3) is 0 Å². The van der Waals surface area contributed by atoms with Gasteiger partial charge in [-0.2, -0.15) is 0 Å². The minimum absolute atomic E-state index is 0.0132. The van der Waals surface area contributed by atoms with Crippen molar-refractivity contribution >= 4 is 23.3 Å². The van der Waals surface area contributed by atoms with Gasteiger partial charge in [0.2, 0.25) is 0 Å². The number of hydrogen-bond donors (Lipinski definition) is 1. The average molecular weight is 239 g/mol. The highest BCUT2D eigenvalue weighted by atomic mass is 35.5. The lowest BCUT2D eigenvalue weighted by Crippen LogP contribution is -2.28. The number of anilines is 1. The molecule has 1 aliphatic rings. The molecule has 1 saturated heterocycles. The predicted molar refractivity (Wildman–Crippen MR) is 66.0 cm³/mol. The minimum Gasteiger partial charge on any atom is -0.333 e. The van der Waals surface area contributed by atoms with Crippen molar-refractivity contribution in [3.8, 4) is 0 Å². The molecular formula is C12H15ClN2O. The topological polar surface area (TPSA) is 32.3 Å². The Balaban J connectivity index is 2.10. The molecule has 3 nitrogen and oxygen atoms in total. The smallest absolute Gasteiger partial charge is 0.322 e. The molecule has 1 aliphatic heterocycles. The van der Waals surface area contributed by atoms with Gasteiger partial charge in [0.15, 0.2) is 0 Å². The molecule has 0 aromatic heterocycles. The zero-order chi connectivity index (χ0) is 11.5. The van der Waals surface area contributed by atoms with Crippen LogP contribution in [-0.2, 0) is 0 Å². The Morgan fingerprint density at radius 1 is 1.44 bits per heavy atom. The molecule has 2 rings (SSSR count). The number of nitrogens with zero attached hydrogens (tertiary/aromatic N) is 1. The number of carbonyl (C=O) groups excluding carboxylic acids is 1. The summed E-state index contributed by atoms with van der Waals surface area (Å²) in [7, 11) is 0. The van der Waals surface area contributed by atoms with Gasteiger partial charge in [-0.1, -0.05) is 24.9 Å². The molecule has 2 amide bonds. The van der Waals surface area contributed by atoms with E-state index in [0.29, 0.717) is 5.02 Å². The van der Waals surface area contributed by atoms with E-state index in [4.69, 9.17) is 11.6 Å². The van der Waals surface area contributed by atoms with Gasteiger partial charge in [0.1, 0.15) is 0 Å². The Hall–Kier alpha value is -1.22. The quantitative estimate of drug-likeness (QED) is 0.863. The van der Waals surface area contributed by atoms with Crippen LogP contribution in [0.3, 0.4) is 0 Å². The Labute approximate surface area is 100 Å². The molecule has 1 atom stereocenters. The highest BCUT2D eigenvalue weighted by Gasteiger charge is 2.28. The number of rotatable bonds is 3. The van der Waals surface area contributed by atoms with Crippen molar-refractivity contribution in [2.45, 2.75) is 25.8 Å². The van der Waals surface area contributed by atoms with E-state index in [-0.39, 0.29) is 12.1 Å². The van der Waals surface area contributed by atoms with Crippen molar-refractivity contribution < 1.29 is 4.79 Å². The summed E-state index contributed by atoms with van der Waals surface area (Å²) in [5, 5.41) is 3.66. The molecule has 0 spiro atoms. The van der Waals surface area contributed by atoms with Gasteiger partial charge in [-0.3, -0.25) is 4.90 Å². The highest BCUT2D eigenvalue weighted by molar-refractivity contribution is 6.30. The van der Waals surface area contributed by atoms with Crippen LogP contribution in [0.5, 0.6) is 0 Å². The van der Waals surface area contributed by atoms with Gasteiger partial charge in [0, 0.05) is 23.3 Å². The fourth-order valence-electron chi connectivity index (χ4n) is 1.96. The van der Waals surface area contributed by atoms with Crippen molar-refractivity contribution in [2.24, 2.45) is 0 Å². The van der Waals surface area contributed by atoms with Crippen LogP contribution in [0.15, 0.2) is 24.3 Å². The molecular weight excluding hydrogens is 224 g/mol. The molecule has 0 radical (unpaired) electrons. The lowest BCUT2D eigenvalue weighted by Gasteiger charge is -2.14. The maximum atomic E-state index is 11.7. The third kappa shape index (κ3) is 2.30. The molecule has 16 heavy (non-hydrogen) atoms. The molecule has 1 aromatic rings. The molecule has 86 valence electrons. The second-order valence-corrected chi connectivity index (χ2v) is 4.46. The molecule has 0 bridgehead atoms. The third-order valence-corrected chi connectivity index (χ3v) is 3.00. The number of nitrogens with one attached hydrogen (secondary N) is 1. The predicted octanol–water partition coefficient (Wildman–Crippen LogP) is 3.04. The second kappa shape index (κ2) is 4.74. The monoisotopic (exact) mass is 238 g/mol. The first-order chi connectivity index (χ1) is 7.70. The van der Waals surface area contributed by atoms with E-state index in [1.54, 1.807) is 17.0 Å². The number of amides is 2. The molecule has 1 aromatic carbocycles. The van der Waals surface area contributed by atoms with E-state index >= 15 is 0 Å².